The van der Waals surface area contributed by atoms with Crippen LogP contribution in [0.4, 0.5) is 0 Å². The molecule has 2 rings (SSSR count). The molecule has 2 aromatic rings. The van der Waals surface area contributed by atoms with E-state index in [0.29, 0.717) is 17.2 Å². The minimum absolute atomic E-state index is 0.00745. The summed E-state index contributed by atoms with van der Waals surface area (Å²) in [6.45, 7) is -0.0832. The fourth-order valence-corrected chi connectivity index (χ4v) is 2.41. The first kappa shape index (κ1) is 19.5. The molecule has 0 spiro atoms. The molecule has 0 saturated heterocycles. The summed E-state index contributed by atoms with van der Waals surface area (Å²) in [5.74, 6) is 1.11. The van der Waals surface area contributed by atoms with Gasteiger partial charge in [0.15, 0.2) is 6.61 Å². The predicted octanol–water partition coefficient (Wildman–Crippen LogP) is 1.34. The van der Waals surface area contributed by atoms with Crippen LogP contribution < -0.4 is 19.3 Å². The molecule has 0 aliphatic rings. The van der Waals surface area contributed by atoms with Crippen molar-refractivity contribution in [2.45, 2.75) is 4.90 Å². The highest BCUT2D eigenvalue weighted by molar-refractivity contribution is 7.89. The molecule has 0 bridgehead atoms. The third-order valence-corrected chi connectivity index (χ3v) is 4.11. The number of sulfonamides is 1. The summed E-state index contributed by atoms with van der Waals surface area (Å²) in [5, 5.41) is 5.00. The van der Waals surface area contributed by atoms with E-state index in [2.05, 4.69) is 0 Å². The van der Waals surface area contributed by atoms with Crippen LogP contribution in [0.25, 0.3) is 0 Å². The van der Waals surface area contributed by atoms with Crippen LogP contribution in [0.2, 0.25) is 0 Å². The van der Waals surface area contributed by atoms with Crippen LogP contribution in [0.1, 0.15) is 0 Å². The first-order valence-corrected chi connectivity index (χ1v) is 9.11. The summed E-state index contributed by atoms with van der Waals surface area (Å²) in [5.41, 5.74) is 0. The molecule has 8 nitrogen and oxygen atoms in total. The van der Waals surface area contributed by atoms with Gasteiger partial charge in [-0.1, -0.05) is 0 Å². The van der Waals surface area contributed by atoms with Crippen molar-refractivity contribution in [2.75, 3.05) is 26.9 Å². The van der Waals surface area contributed by atoms with Crippen molar-refractivity contribution >= 4 is 16.0 Å². The van der Waals surface area contributed by atoms with Gasteiger partial charge in [-0.25, -0.2) is 18.4 Å². The van der Waals surface area contributed by atoms with Crippen LogP contribution in [-0.4, -0.2) is 41.3 Å². The summed E-state index contributed by atoms with van der Waals surface area (Å²) in [4.78, 5) is 11.6. The maximum Gasteiger partial charge on any atom is 0.344 e. The summed E-state index contributed by atoms with van der Waals surface area (Å²) in [7, 11) is -2.18. The quantitative estimate of drug-likeness (QED) is 0.515. The van der Waals surface area contributed by atoms with E-state index in [0.717, 1.165) is 0 Å². The number of hydrogen-bond donors (Lipinski definition) is 1. The second-order valence-corrected chi connectivity index (χ2v) is 6.61. The van der Waals surface area contributed by atoms with Gasteiger partial charge in [0, 0.05) is 0 Å². The van der Waals surface area contributed by atoms with Crippen molar-refractivity contribution in [1.29, 1.82) is 0 Å². The van der Waals surface area contributed by atoms with Crippen LogP contribution in [-0.2, 0) is 19.6 Å². The van der Waals surface area contributed by atoms with E-state index in [9.17, 15) is 13.2 Å². The lowest BCUT2D eigenvalue weighted by atomic mass is 10.3. The second kappa shape index (κ2) is 9.07. The highest BCUT2D eigenvalue weighted by Crippen LogP contribution is 2.17. The summed E-state index contributed by atoms with van der Waals surface area (Å²) in [6.07, 6.45) is 0. The standard InChI is InChI=1S/C17H19NO7S/c1-22-13-2-4-15(5-3-13)25-12-17(19)24-11-10-23-14-6-8-16(9-7-14)26(18,20)21/h2-9H,10-12H2,1H3,(H2,18,20,21). The van der Waals surface area contributed by atoms with Crippen molar-refractivity contribution in [2.24, 2.45) is 5.14 Å². The molecule has 0 fully saturated rings. The third kappa shape index (κ3) is 6.26. The Labute approximate surface area is 151 Å². The van der Waals surface area contributed by atoms with Crippen LogP contribution >= 0.6 is 0 Å². The lowest BCUT2D eigenvalue weighted by molar-refractivity contribution is -0.146. The van der Waals surface area contributed by atoms with Gasteiger partial charge in [-0.15, -0.1) is 0 Å². The predicted molar refractivity (Wildman–Crippen MR) is 92.8 cm³/mol. The monoisotopic (exact) mass is 381 g/mol. The summed E-state index contributed by atoms with van der Waals surface area (Å²) < 4.78 is 42.9. The van der Waals surface area contributed by atoms with Gasteiger partial charge in [0.05, 0.1) is 12.0 Å². The normalized spacial score (nSPS) is 10.8. The lowest BCUT2D eigenvalue weighted by Crippen LogP contribution is -2.18. The van der Waals surface area contributed by atoms with Gasteiger partial charge in [-0.2, -0.15) is 0 Å². The fraction of sp³-hybridized carbons (Fsp3) is 0.235. The Morgan fingerprint density at radius 3 is 2.00 bits per heavy atom. The van der Waals surface area contributed by atoms with Gasteiger partial charge in [0.2, 0.25) is 10.0 Å². The molecular weight excluding hydrogens is 362 g/mol. The number of carbonyl (C=O) groups is 1. The molecule has 0 heterocycles. The second-order valence-electron chi connectivity index (χ2n) is 5.05. The van der Waals surface area contributed by atoms with Crippen LogP contribution in [0.15, 0.2) is 53.4 Å². The number of esters is 1. The first-order valence-electron chi connectivity index (χ1n) is 7.56. The average molecular weight is 381 g/mol. The van der Waals surface area contributed by atoms with Gasteiger partial charge >= 0.3 is 5.97 Å². The van der Waals surface area contributed by atoms with Gasteiger partial charge in [-0.3, -0.25) is 0 Å². The van der Waals surface area contributed by atoms with Gasteiger partial charge in [-0.05, 0) is 48.5 Å². The van der Waals surface area contributed by atoms with Crippen molar-refractivity contribution in [3.05, 3.63) is 48.5 Å². The Morgan fingerprint density at radius 1 is 0.885 bits per heavy atom. The Morgan fingerprint density at radius 2 is 1.42 bits per heavy atom. The molecule has 0 unspecified atom stereocenters. The molecule has 0 aliphatic carbocycles. The van der Waals surface area contributed by atoms with Crippen LogP contribution in [0.3, 0.4) is 0 Å². The van der Waals surface area contributed by atoms with E-state index < -0.39 is 16.0 Å². The molecule has 0 amide bonds. The summed E-state index contributed by atoms with van der Waals surface area (Å²) >= 11 is 0. The summed E-state index contributed by atoms with van der Waals surface area (Å²) in [6, 6.07) is 12.4. The number of nitrogens with two attached hydrogens (primary N) is 1. The molecular formula is C17H19NO7S. The number of benzene rings is 2. The minimum Gasteiger partial charge on any atom is -0.497 e. The van der Waals surface area contributed by atoms with E-state index in [1.54, 1.807) is 31.4 Å². The Bertz CT molecular complexity index is 817. The number of rotatable bonds is 9. The first-order chi connectivity index (χ1) is 12.4. The zero-order valence-corrected chi connectivity index (χ0v) is 14.9. The maximum atomic E-state index is 11.6. The SMILES string of the molecule is COc1ccc(OCC(=O)OCCOc2ccc(S(N)(=O)=O)cc2)cc1. The maximum absolute atomic E-state index is 11.6. The van der Waals surface area contributed by atoms with Gasteiger partial charge in [0.1, 0.15) is 30.5 Å². The number of primary sulfonamides is 1. The van der Waals surface area contributed by atoms with Gasteiger partial charge < -0.3 is 18.9 Å². The molecule has 0 radical (unpaired) electrons. The van der Waals surface area contributed by atoms with E-state index in [-0.39, 0.29) is 24.7 Å². The molecule has 0 atom stereocenters. The topological polar surface area (TPSA) is 114 Å². The molecule has 0 aliphatic heterocycles. The number of hydrogen-bond acceptors (Lipinski definition) is 7. The Hall–Kier alpha value is -2.78. The minimum atomic E-state index is -3.74. The zero-order valence-electron chi connectivity index (χ0n) is 14.1. The van der Waals surface area contributed by atoms with Crippen molar-refractivity contribution in [3.63, 3.8) is 0 Å². The van der Waals surface area contributed by atoms with Crippen molar-refractivity contribution in [3.8, 4) is 17.2 Å². The molecule has 140 valence electrons. The fourth-order valence-electron chi connectivity index (χ4n) is 1.90. The molecule has 2 aromatic carbocycles. The molecule has 0 saturated carbocycles. The van der Waals surface area contributed by atoms with Gasteiger partial charge in [0.25, 0.3) is 0 Å². The number of ether oxygens (including phenoxy) is 4. The number of carbonyl (C=O) groups excluding carboxylic acids is 1. The lowest BCUT2D eigenvalue weighted by Gasteiger charge is -2.09. The largest absolute Gasteiger partial charge is 0.497 e. The number of methoxy groups -OCH3 is 1. The molecule has 2 N–H and O–H groups in total. The van der Waals surface area contributed by atoms with E-state index in [1.807, 2.05) is 0 Å². The van der Waals surface area contributed by atoms with E-state index in [4.69, 9.17) is 24.1 Å². The van der Waals surface area contributed by atoms with E-state index in [1.165, 1.54) is 24.3 Å². The van der Waals surface area contributed by atoms with Crippen LogP contribution in [0.5, 0.6) is 17.2 Å². The zero-order chi connectivity index (χ0) is 19.0. The molecule has 0 aromatic heterocycles. The molecule has 26 heavy (non-hydrogen) atoms. The third-order valence-electron chi connectivity index (χ3n) is 3.18. The van der Waals surface area contributed by atoms with E-state index >= 15 is 0 Å². The van der Waals surface area contributed by atoms with Crippen LogP contribution in [0, 0.1) is 0 Å². The smallest absolute Gasteiger partial charge is 0.344 e. The Balaban J connectivity index is 1.66. The van der Waals surface area contributed by atoms with Crippen molar-refractivity contribution in [1.82, 2.24) is 0 Å². The average Bonchev–Trinajstić information content (AvgIpc) is 2.63. The highest BCUT2D eigenvalue weighted by atomic mass is 32.2. The highest BCUT2D eigenvalue weighted by Gasteiger charge is 2.08. The van der Waals surface area contributed by atoms with Crippen molar-refractivity contribution < 1.29 is 32.2 Å². The Kier molecular flexibility index (Phi) is 6.81. The molecule has 9 heteroatoms.